The maximum atomic E-state index is 5.71. The summed E-state index contributed by atoms with van der Waals surface area (Å²) in [5.74, 6) is 0.618. The number of ether oxygens (including phenoxy) is 2. The van der Waals surface area contributed by atoms with E-state index < -0.39 is 0 Å². The highest BCUT2D eigenvalue weighted by molar-refractivity contribution is 9.10. The normalized spacial score (nSPS) is 18.1. The van der Waals surface area contributed by atoms with Crippen LogP contribution in [-0.2, 0) is 4.74 Å². The van der Waals surface area contributed by atoms with Crippen LogP contribution in [0.5, 0.6) is 5.88 Å². The SMILES string of the molecule is Brc1cncnc1OC1CCOCC1. The molecule has 1 fully saturated rings. The lowest BCUT2D eigenvalue weighted by molar-refractivity contribution is 0.0233. The number of hydrogen-bond acceptors (Lipinski definition) is 4. The molecule has 0 N–H and O–H groups in total. The van der Waals surface area contributed by atoms with Gasteiger partial charge in [0.15, 0.2) is 0 Å². The van der Waals surface area contributed by atoms with Gasteiger partial charge in [-0.25, -0.2) is 9.97 Å². The predicted molar refractivity (Wildman–Crippen MR) is 54.2 cm³/mol. The molecule has 0 aliphatic carbocycles. The van der Waals surface area contributed by atoms with Crippen molar-refractivity contribution in [2.75, 3.05) is 13.2 Å². The van der Waals surface area contributed by atoms with E-state index in [0.29, 0.717) is 5.88 Å². The molecule has 0 saturated carbocycles. The summed E-state index contributed by atoms with van der Waals surface area (Å²) in [7, 11) is 0. The number of hydrogen-bond donors (Lipinski definition) is 0. The monoisotopic (exact) mass is 258 g/mol. The molecule has 14 heavy (non-hydrogen) atoms. The summed E-state index contributed by atoms with van der Waals surface area (Å²) in [5, 5.41) is 0. The maximum absolute atomic E-state index is 5.71. The zero-order chi connectivity index (χ0) is 9.80. The van der Waals surface area contributed by atoms with E-state index in [4.69, 9.17) is 9.47 Å². The molecule has 2 heterocycles. The molecule has 0 bridgehead atoms. The molecule has 76 valence electrons. The molecule has 1 saturated heterocycles. The van der Waals surface area contributed by atoms with Crippen LogP contribution in [0.2, 0.25) is 0 Å². The molecule has 1 aromatic heterocycles. The Kier molecular flexibility index (Phi) is 3.31. The molecule has 1 aliphatic heterocycles. The third-order valence-corrected chi connectivity index (χ3v) is 2.62. The third kappa shape index (κ3) is 2.42. The van der Waals surface area contributed by atoms with E-state index in [2.05, 4.69) is 25.9 Å². The van der Waals surface area contributed by atoms with Crippen LogP contribution in [0.1, 0.15) is 12.8 Å². The third-order valence-electron chi connectivity index (χ3n) is 2.08. The topological polar surface area (TPSA) is 44.2 Å². The Morgan fingerprint density at radius 3 is 2.93 bits per heavy atom. The lowest BCUT2D eigenvalue weighted by Gasteiger charge is -2.22. The van der Waals surface area contributed by atoms with Crippen molar-refractivity contribution in [2.24, 2.45) is 0 Å². The van der Waals surface area contributed by atoms with Crippen LogP contribution in [0.15, 0.2) is 17.0 Å². The van der Waals surface area contributed by atoms with Gasteiger partial charge in [0.1, 0.15) is 12.4 Å². The average Bonchev–Trinajstić information content (AvgIpc) is 2.23. The molecule has 0 radical (unpaired) electrons. The highest BCUT2D eigenvalue weighted by Gasteiger charge is 2.16. The Hall–Kier alpha value is -0.680. The lowest BCUT2D eigenvalue weighted by Crippen LogP contribution is -2.26. The first-order valence-corrected chi connectivity index (χ1v) is 5.35. The van der Waals surface area contributed by atoms with Crippen LogP contribution in [-0.4, -0.2) is 29.3 Å². The lowest BCUT2D eigenvalue weighted by atomic mass is 10.2. The fourth-order valence-corrected chi connectivity index (χ4v) is 1.65. The van der Waals surface area contributed by atoms with Gasteiger partial charge in [-0.2, -0.15) is 0 Å². The molecule has 0 spiro atoms. The Morgan fingerprint density at radius 1 is 1.43 bits per heavy atom. The van der Waals surface area contributed by atoms with Gasteiger partial charge in [-0.05, 0) is 15.9 Å². The summed E-state index contributed by atoms with van der Waals surface area (Å²) in [6.45, 7) is 1.54. The number of aromatic nitrogens is 2. The summed E-state index contributed by atoms with van der Waals surface area (Å²) in [5.41, 5.74) is 0. The van der Waals surface area contributed by atoms with Crippen molar-refractivity contribution < 1.29 is 9.47 Å². The van der Waals surface area contributed by atoms with Gasteiger partial charge in [0, 0.05) is 19.0 Å². The summed E-state index contributed by atoms with van der Waals surface area (Å²) in [4.78, 5) is 7.93. The van der Waals surface area contributed by atoms with E-state index in [1.165, 1.54) is 6.33 Å². The molecule has 0 amide bonds. The molecule has 0 atom stereocenters. The second kappa shape index (κ2) is 4.70. The van der Waals surface area contributed by atoms with Crippen LogP contribution in [0.4, 0.5) is 0 Å². The molecular weight excluding hydrogens is 248 g/mol. The van der Waals surface area contributed by atoms with E-state index in [1.807, 2.05) is 0 Å². The smallest absolute Gasteiger partial charge is 0.231 e. The molecule has 1 aromatic rings. The van der Waals surface area contributed by atoms with Gasteiger partial charge in [0.25, 0.3) is 0 Å². The highest BCUT2D eigenvalue weighted by atomic mass is 79.9. The van der Waals surface area contributed by atoms with Gasteiger partial charge in [-0.1, -0.05) is 0 Å². The number of halogens is 1. The molecular formula is C9H11BrN2O2. The summed E-state index contributed by atoms with van der Waals surface area (Å²) < 4.78 is 11.7. The summed E-state index contributed by atoms with van der Waals surface area (Å²) >= 11 is 3.34. The zero-order valence-electron chi connectivity index (χ0n) is 7.65. The van der Waals surface area contributed by atoms with Gasteiger partial charge >= 0.3 is 0 Å². The summed E-state index contributed by atoms with van der Waals surface area (Å²) in [6.07, 6.45) is 5.24. The van der Waals surface area contributed by atoms with Gasteiger partial charge in [-0.3, -0.25) is 0 Å². The molecule has 2 rings (SSSR count). The standard InChI is InChI=1S/C9H11BrN2O2/c10-8-5-11-6-12-9(8)14-7-1-3-13-4-2-7/h5-7H,1-4H2. The zero-order valence-corrected chi connectivity index (χ0v) is 9.24. The van der Waals surface area contributed by atoms with E-state index in [0.717, 1.165) is 30.5 Å². The van der Waals surface area contributed by atoms with Crippen molar-refractivity contribution in [2.45, 2.75) is 18.9 Å². The first-order valence-electron chi connectivity index (χ1n) is 4.56. The Morgan fingerprint density at radius 2 is 2.21 bits per heavy atom. The van der Waals surface area contributed by atoms with Crippen LogP contribution in [0.25, 0.3) is 0 Å². The molecule has 0 unspecified atom stereocenters. The predicted octanol–water partition coefficient (Wildman–Crippen LogP) is 1.80. The molecule has 1 aliphatic rings. The van der Waals surface area contributed by atoms with E-state index in [1.54, 1.807) is 6.20 Å². The van der Waals surface area contributed by atoms with Crippen molar-refractivity contribution >= 4 is 15.9 Å². The fraction of sp³-hybridized carbons (Fsp3) is 0.556. The van der Waals surface area contributed by atoms with Gasteiger partial charge in [0.2, 0.25) is 5.88 Å². The van der Waals surface area contributed by atoms with Gasteiger partial charge in [0.05, 0.1) is 17.7 Å². The number of nitrogens with zero attached hydrogens (tertiary/aromatic N) is 2. The first-order chi connectivity index (χ1) is 6.86. The van der Waals surface area contributed by atoms with Crippen molar-refractivity contribution in [1.82, 2.24) is 9.97 Å². The molecule has 4 nitrogen and oxygen atoms in total. The van der Waals surface area contributed by atoms with E-state index in [-0.39, 0.29) is 6.10 Å². The van der Waals surface area contributed by atoms with Crippen LogP contribution in [0.3, 0.4) is 0 Å². The molecule has 0 aromatic carbocycles. The van der Waals surface area contributed by atoms with E-state index >= 15 is 0 Å². The maximum Gasteiger partial charge on any atom is 0.231 e. The number of rotatable bonds is 2. The van der Waals surface area contributed by atoms with E-state index in [9.17, 15) is 0 Å². The van der Waals surface area contributed by atoms with Crippen molar-refractivity contribution in [3.05, 3.63) is 17.0 Å². The van der Waals surface area contributed by atoms with Crippen LogP contribution < -0.4 is 4.74 Å². The Bertz CT molecular complexity index is 303. The minimum absolute atomic E-state index is 0.218. The minimum atomic E-state index is 0.218. The molecule has 5 heteroatoms. The quantitative estimate of drug-likeness (QED) is 0.812. The second-order valence-electron chi connectivity index (χ2n) is 3.11. The van der Waals surface area contributed by atoms with Gasteiger partial charge < -0.3 is 9.47 Å². The Balaban J connectivity index is 1.99. The van der Waals surface area contributed by atoms with Gasteiger partial charge in [-0.15, -0.1) is 0 Å². The average molecular weight is 259 g/mol. The van der Waals surface area contributed by atoms with Crippen molar-refractivity contribution in [3.63, 3.8) is 0 Å². The van der Waals surface area contributed by atoms with Crippen LogP contribution in [0, 0.1) is 0 Å². The fourth-order valence-electron chi connectivity index (χ4n) is 1.34. The van der Waals surface area contributed by atoms with Crippen LogP contribution >= 0.6 is 15.9 Å². The van der Waals surface area contributed by atoms with Crippen molar-refractivity contribution in [1.29, 1.82) is 0 Å². The first kappa shape index (κ1) is 9.86. The highest BCUT2D eigenvalue weighted by Crippen LogP contribution is 2.23. The second-order valence-corrected chi connectivity index (χ2v) is 3.96. The minimum Gasteiger partial charge on any atom is -0.473 e. The summed E-state index contributed by atoms with van der Waals surface area (Å²) in [6, 6.07) is 0. The van der Waals surface area contributed by atoms with Crippen molar-refractivity contribution in [3.8, 4) is 5.88 Å². The Labute approximate surface area is 90.8 Å². The largest absolute Gasteiger partial charge is 0.473 e.